The van der Waals surface area contributed by atoms with E-state index in [0.717, 1.165) is 29.8 Å². The predicted octanol–water partition coefficient (Wildman–Crippen LogP) is 3.59. The fourth-order valence-electron chi connectivity index (χ4n) is 3.42. The summed E-state index contributed by atoms with van der Waals surface area (Å²) in [5.74, 6) is 0.809. The van der Waals surface area contributed by atoms with Crippen LogP contribution in [0.25, 0.3) is 0 Å². The van der Waals surface area contributed by atoms with Crippen LogP contribution in [0.4, 0.5) is 4.79 Å². The molecule has 1 aromatic heterocycles. The summed E-state index contributed by atoms with van der Waals surface area (Å²) < 4.78 is 5.18. The minimum atomic E-state index is -0.0984. The summed E-state index contributed by atoms with van der Waals surface area (Å²) in [4.78, 5) is 14.3. The van der Waals surface area contributed by atoms with Gasteiger partial charge in [0.1, 0.15) is 5.75 Å². The normalized spacial score (nSPS) is 14.9. The second-order valence-corrected chi connectivity index (χ2v) is 6.99. The third-order valence-corrected chi connectivity index (χ3v) is 5.08. The fourth-order valence-corrected chi connectivity index (χ4v) is 3.42. The molecular weight excluding hydrogens is 328 g/mol. The average Bonchev–Trinajstić information content (AvgIpc) is 2.88. The maximum absolute atomic E-state index is 12.6. The second kappa shape index (κ2) is 8.25. The Labute approximate surface area is 154 Å². The second-order valence-electron chi connectivity index (χ2n) is 6.99. The van der Waals surface area contributed by atoms with Crippen LogP contribution in [0.5, 0.6) is 5.75 Å². The number of urea groups is 1. The molecule has 6 heteroatoms. The van der Waals surface area contributed by atoms with Crippen LogP contribution < -0.4 is 10.1 Å². The first kappa shape index (κ1) is 18.3. The Kier molecular flexibility index (Phi) is 5.81. The number of fused-ring (bicyclic) bond motifs is 1. The van der Waals surface area contributed by atoms with E-state index in [9.17, 15) is 4.79 Å². The molecule has 1 aliphatic carbocycles. The number of aryl methyl sites for hydroxylation is 1. The number of amides is 2. The topological polar surface area (TPSA) is 70.2 Å². The lowest BCUT2D eigenvalue weighted by Crippen LogP contribution is -2.38. The van der Waals surface area contributed by atoms with Gasteiger partial charge in [-0.05, 0) is 55.9 Å². The molecule has 0 aliphatic heterocycles. The summed E-state index contributed by atoms with van der Waals surface area (Å²) >= 11 is 0. The van der Waals surface area contributed by atoms with Crippen molar-refractivity contribution in [2.24, 2.45) is 0 Å². The van der Waals surface area contributed by atoms with Crippen molar-refractivity contribution in [2.45, 2.75) is 51.6 Å². The molecule has 0 fully saturated rings. The number of nitrogens with zero attached hydrogens (tertiary/aromatic N) is 2. The molecule has 1 heterocycles. The lowest BCUT2D eigenvalue weighted by Gasteiger charge is -2.21. The fraction of sp³-hybridized carbons (Fsp3) is 0.500. The number of methoxy groups -OCH3 is 1. The lowest BCUT2D eigenvalue weighted by atomic mass is 10.1. The van der Waals surface area contributed by atoms with Gasteiger partial charge >= 0.3 is 6.03 Å². The molecule has 0 saturated heterocycles. The number of benzene rings is 1. The first-order valence-electron chi connectivity index (χ1n) is 9.29. The molecule has 26 heavy (non-hydrogen) atoms. The number of carbonyl (C=O) groups excluding carboxylic acids is 1. The summed E-state index contributed by atoms with van der Waals surface area (Å²) in [6.45, 7) is 2.50. The average molecular weight is 356 g/mol. The van der Waals surface area contributed by atoms with Crippen molar-refractivity contribution in [3.63, 3.8) is 0 Å². The molecule has 1 atom stereocenters. The quantitative estimate of drug-likeness (QED) is 0.804. The van der Waals surface area contributed by atoms with Crippen molar-refractivity contribution in [1.29, 1.82) is 0 Å². The third kappa shape index (κ3) is 4.18. The molecule has 0 unspecified atom stereocenters. The van der Waals surface area contributed by atoms with Crippen molar-refractivity contribution >= 4 is 6.03 Å². The van der Waals surface area contributed by atoms with Gasteiger partial charge in [-0.1, -0.05) is 18.6 Å². The molecule has 3 rings (SSSR count). The molecule has 0 spiro atoms. The molecule has 1 aliphatic rings. The summed E-state index contributed by atoms with van der Waals surface area (Å²) in [6.07, 6.45) is 5.79. The van der Waals surface area contributed by atoms with E-state index in [4.69, 9.17) is 4.74 Å². The highest BCUT2D eigenvalue weighted by Gasteiger charge is 2.19. The molecule has 2 N–H and O–H groups in total. The van der Waals surface area contributed by atoms with Crippen molar-refractivity contribution in [2.75, 3.05) is 14.2 Å². The van der Waals surface area contributed by atoms with Crippen LogP contribution in [0.15, 0.2) is 24.3 Å². The van der Waals surface area contributed by atoms with Crippen LogP contribution in [0.1, 0.15) is 54.7 Å². The molecule has 6 nitrogen and oxygen atoms in total. The van der Waals surface area contributed by atoms with Crippen LogP contribution in [0, 0.1) is 0 Å². The van der Waals surface area contributed by atoms with Crippen LogP contribution in [-0.4, -0.2) is 35.3 Å². The minimum absolute atomic E-state index is 0.0767. The number of nitrogens with one attached hydrogen (secondary N) is 2. The highest BCUT2D eigenvalue weighted by Crippen LogP contribution is 2.23. The van der Waals surface area contributed by atoms with E-state index in [0.29, 0.717) is 6.54 Å². The molecule has 1 aromatic carbocycles. The number of aromatic amines is 1. The molecule has 2 amide bonds. The Morgan fingerprint density at radius 1 is 1.27 bits per heavy atom. The molecule has 0 bridgehead atoms. The number of H-pyrrole nitrogens is 1. The van der Waals surface area contributed by atoms with Crippen molar-refractivity contribution in [3.8, 4) is 5.75 Å². The van der Waals surface area contributed by atoms with Gasteiger partial charge in [0.15, 0.2) is 0 Å². The number of aromatic nitrogens is 2. The Balaban J connectivity index is 1.60. The first-order valence-corrected chi connectivity index (χ1v) is 9.29. The predicted molar refractivity (Wildman–Crippen MR) is 101 cm³/mol. The van der Waals surface area contributed by atoms with E-state index in [1.165, 1.54) is 30.5 Å². The third-order valence-electron chi connectivity index (χ3n) is 5.08. The minimum Gasteiger partial charge on any atom is -0.497 e. The molecular formula is C20H28N4O2. The first-order chi connectivity index (χ1) is 12.6. The van der Waals surface area contributed by atoms with Crippen molar-refractivity contribution < 1.29 is 9.53 Å². The van der Waals surface area contributed by atoms with Crippen molar-refractivity contribution in [3.05, 3.63) is 46.8 Å². The van der Waals surface area contributed by atoms with Crippen molar-refractivity contribution in [1.82, 2.24) is 20.4 Å². The van der Waals surface area contributed by atoms with Gasteiger partial charge in [0, 0.05) is 12.7 Å². The maximum atomic E-state index is 12.6. The van der Waals surface area contributed by atoms with Gasteiger partial charge < -0.3 is 15.0 Å². The Morgan fingerprint density at radius 2 is 2.00 bits per heavy atom. The summed E-state index contributed by atoms with van der Waals surface area (Å²) in [6, 6.07) is 7.57. The van der Waals surface area contributed by atoms with Gasteiger partial charge in [-0.3, -0.25) is 5.10 Å². The van der Waals surface area contributed by atoms with Gasteiger partial charge in [-0.15, -0.1) is 0 Å². The number of rotatable bonds is 5. The summed E-state index contributed by atoms with van der Waals surface area (Å²) in [5.41, 5.74) is 4.60. The summed E-state index contributed by atoms with van der Waals surface area (Å²) in [7, 11) is 3.46. The van der Waals surface area contributed by atoms with Crippen LogP contribution in [-0.2, 0) is 19.4 Å². The molecule has 2 aromatic rings. The maximum Gasteiger partial charge on any atom is 0.317 e. The number of hydrogen-bond donors (Lipinski definition) is 2. The number of ether oxygens (including phenoxy) is 1. The zero-order chi connectivity index (χ0) is 18.5. The molecule has 140 valence electrons. The Hall–Kier alpha value is -2.50. The van der Waals surface area contributed by atoms with Gasteiger partial charge in [0.2, 0.25) is 0 Å². The number of hydrogen-bond acceptors (Lipinski definition) is 3. The summed E-state index contributed by atoms with van der Waals surface area (Å²) in [5, 5.41) is 10.7. The van der Waals surface area contributed by atoms with E-state index >= 15 is 0 Å². The lowest BCUT2D eigenvalue weighted by molar-refractivity contribution is 0.203. The van der Waals surface area contributed by atoms with Gasteiger partial charge in [-0.2, -0.15) is 5.10 Å². The van der Waals surface area contributed by atoms with Crippen LogP contribution in [0.3, 0.4) is 0 Å². The van der Waals surface area contributed by atoms with E-state index in [1.54, 1.807) is 12.0 Å². The van der Waals surface area contributed by atoms with E-state index < -0.39 is 0 Å². The Bertz CT molecular complexity index is 739. The SMILES string of the molecule is COc1ccc([C@H](C)NC(=O)N(C)Cc2n[nH]c3c2CCCCC3)cc1. The van der Waals surface area contributed by atoms with E-state index in [-0.39, 0.29) is 12.1 Å². The van der Waals surface area contributed by atoms with Crippen LogP contribution >= 0.6 is 0 Å². The number of carbonyl (C=O) groups is 1. The smallest absolute Gasteiger partial charge is 0.317 e. The van der Waals surface area contributed by atoms with Crippen LogP contribution in [0.2, 0.25) is 0 Å². The largest absolute Gasteiger partial charge is 0.497 e. The van der Waals surface area contributed by atoms with Gasteiger partial charge in [-0.25, -0.2) is 4.79 Å². The van der Waals surface area contributed by atoms with E-state index in [2.05, 4.69) is 15.5 Å². The van der Waals surface area contributed by atoms with Gasteiger partial charge in [0.05, 0.1) is 25.4 Å². The highest BCUT2D eigenvalue weighted by atomic mass is 16.5. The Morgan fingerprint density at radius 3 is 2.73 bits per heavy atom. The zero-order valence-electron chi connectivity index (χ0n) is 15.8. The highest BCUT2D eigenvalue weighted by molar-refractivity contribution is 5.74. The zero-order valence-corrected chi connectivity index (χ0v) is 15.8. The van der Waals surface area contributed by atoms with Gasteiger partial charge in [0.25, 0.3) is 0 Å². The molecule has 0 radical (unpaired) electrons. The standard InChI is InChI=1S/C20H28N4O2/c1-14(15-9-11-16(26-3)12-10-15)21-20(25)24(2)13-19-17-7-5-4-6-8-18(17)22-23-19/h9-12,14H,4-8,13H2,1-3H3,(H,21,25)(H,22,23)/t14-/m0/s1. The van der Waals surface area contributed by atoms with E-state index in [1.807, 2.05) is 38.2 Å². The molecule has 0 saturated carbocycles. The monoisotopic (exact) mass is 356 g/mol.